The molecule has 1 aromatic heterocycles. The van der Waals surface area contributed by atoms with Crippen LogP contribution in [-0.4, -0.2) is 40.3 Å². The molecule has 4 rings (SSSR count). The number of aryl methyl sites for hydroxylation is 1. The summed E-state index contributed by atoms with van der Waals surface area (Å²) in [5, 5.41) is 4.38. The van der Waals surface area contributed by atoms with E-state index in [1.165, 1.54) is 5.56 Å². The molecule has 1 amide bonds. The lowest BCUT2D eigenvalue weighted by Crippen LogP contribution is -2.39. The predicted molar refractivity (Wildman–Crippen MR) is 95.5 cm³/mol. The van der Waals surface area contributed by atoms with Crippen molar-refractivity contribution in [1.82, 2.24) is 14.7 Å². The lowest BCUT2D eigenvalue weighted by molar-refractivity contribution is -0.133. The first-order valence-corrected chi connectivity index (χ1v) is 9.10. The summed E-state index contributed by atoms with van der Waals surface area (Å²) in [6.45, 7) is 3.72. The van der Waals surface area contributed by atoms with Gasteiger partial charge in [0.1, 0.15) is 5.75 Å². The molecule has 1 aliphatic carbocycles. The third-order valence-electron chi connectivity index (χ3n) is 5.47. The van der Waals surface area contributed by atoms with Crippen molar-refractivity contribution in [3.63, 3.8) is 0 Å². The minimum atomic E-state index is 0.108. The molecule has 2 heterocycles. The molecule has 0 unspecified atom stereocenters. The van der Waals surface area contributed by atoms with Crippen molar-refractivity contribution >= 4 is 5.91 Å². The number of hydrogen-bond acceptors (Lipinski definition) is 3. The van der Waals surface area contributed by atoms with E-state index in [4.69, 9.17) is 4.74 Å². The minimum absolute atomic E-state index is 0.108. The summed E-state index contributed by atoms with van der Waals surface area (Å²) in [5.74, 6) is 1.61. The van der Waals surface area contributed by atoms with E-state index in [1.54, 1.807) is 7.11 Å². The number of rotatable bonds is 5. The summed E-state index contributed by atoms with van der Waals surface area (Å²) in [6.07, 6.45) is 7.01. The third kappa shape index (κ3) is 3.15. The van der Waals surface area contributed by atoms with Crippen LogP contribution in [0.3, 0.4) is 0 Å². The number of hydrogen-bond donors (Lipinski definition) is 0. The lowest BCUT2D eigenvalue weighted by atomic mass is 10.1. The highest BCUT2D eigenvalue weighted by Crippen LogP contribution is 2.51. The van der Waals surface area contributed by atoms with E-state index in [-0.39, 0.29) is 12.0 Å². The highest BCUT2D eigenvalue weighted by Gasteiger charge is 2.48. The van der Waals surface area contributed by atoms with E-state index in [2.05, 4.69) is 22.3 Å². The maximum absolute atomic E-state index is 13.1. The molecular weight excluding hydrogens is 314 g/mol. The summed E-state index contributed by atoms with van der Waals surface area (Å²) < 4.78 is 7.43. The number of carbonyl (C=O) groups excluding carboxylic acids is 1. The van der Waals surface area contributed by atoms with Crippen LogP contribution >= 0.6 is 0 Å². The normalized spacial score (nSPS) is 25.2. The Morgan fingerprint density at radius 1 is 1.36 bits per heavy atom. The summed E-state index contributed by atoms with van der Waals surface area (Å²) in [7, 11) is 1.70. The van der Waals surface area contributed by atoms with Gasteiger partial charge in [-0.05, 0) is 49.3 Å². The molecule has 0 spiro atoms. The standard InChI is InChI=1S/C20H25N3O2/c1-14-11-21-22(12-14)13-15-6-5-9-23(15)20(24)18-10-17(18)16-7-3-4-8-19(16)25-2/h3-4,7-8,11-12,15,17-18H,5-6,9-10,13H2,1-2H3/t15-,17-,18+/m0/s1. The Hall–Kier alpha value is -2.30. The highest BCUT2D eigenvalue weighted by molar-refractivity contribution is 5.83. The largest absolute Gasteiger partial charge is 0.496 e. The number of carbonyl (C=O) groups is 1. The van der Waals surface area contributed by atoms with Crippen LogP contribution in [0.1, 0.15) is 36.3 Å². The molecule has 0 radical (unpaired) electrons. The van der Waals surface area contributed by atoms with Crippen LogP contribution in [0, 0.1) is 12.8 Å². The number of nitrogens with zero attached hydrogens (tertiary/aromatic N) is 3. The van der Waals surface area contributed by atoms with Crippen LogP contribution in [0.15, 0.2) is 36.7 Å². The average Bonchev–Trinajstić information content (AvgIpc) is 3.11. The van der Waals surface area contributed by atoms with Gasteiger partial charge in [-0.15, -0.1) is 0 Å². The van der Waals surface area contributed by atoms with Gasteiger partial charge in [0.15, 0.2) is 0 Å². The van der Waals surface area contributed by atoms with Gasteiger partial charge in [-0.2, -0.15) is 5.10 Å². The fourth-order valence-electron chi connectivity index (χ4n) is 4.10. The Bertz CT molecular complexity index is 770. The highest BCUT2D eigenvalue weighted by atomic mass is 16.5. The SMILES string of the molecule is COc1ccccc1[C@@H]1C[C@H]1C(=O)N1CCC[C@H]1Cn1cc(C)cn1. The molecule has 3 atom stereocenters. The number of benzene rings is 1. The van der Waals surface area contributed by atoms with Gasteiger partial charge in [0, 0.05) is 18.7 Å². The van der Waals surface area contributed by atoms with Crippen LogP contribution in [0.5, 0.6) is 5.75 Å². The number of amides is 1. The zero-order valence-corrected chi connectivity index (χ0v) is 14.9. The maximum Gasteiger partial charge on any atom is 0.226 e. The smallest absolute Gasteiger partial charge is 0.226 e. The molecule has 2 aromatic rings. The van der Waals surface area contributed by atoms with Gasteiger partial charge in [0.2, 0.25) is 5.91 Å². The summed E-state index contributed by atoms with van der Waals surface area (Å²) in [6, 6.07) is 8.34. The zero-order chi connectivity index (χ0) is 17.4. The number of methoxy groups -OCH3 is 1. The molecule has 1 saturated carbocycles. The van der Waals surface area contributed by atoms with Gasteiger partial charge in [0.05, 0.1) is 25.9 Å². The van der Waals surface area contributed by atoms with Crippen molar-refractivity contribution in [2.24, 2.45) is 5.92 Å². The molecule has 1 saturated heterocycles. The Morgan fingerprint density at radius 3 is 2.96 bits per heavy atom. The molecule has 5 heteroatoms. The number of ether oxygens (including phenoxy) is 1. The second-order valence-corrected chi connectivity index (χ2v) is 7.26. The third-order valence-corrected chi connectivity index (χ3v) is 5.47. The Balaban J connectivity index is 1.44. The van der Waals surface area contributed by atoms with Gasteiger partial charge in [-0.3, -0.25) is 9.48 Å². The van der Waals surface area contributed by atoms with Crippen LogP contribution < -0.4 is 4.74 Å². The first-order valence-electron chi connectivity index (χ1n) is 9.10. The van der Waals surface area contributed by atoms with E-state index >= 15 is 0 Å². The summed E-state index contributed by atoms with van der Waals surface area (Å²) in [5.41, 5.74) is 2.33. The van der Waals surface area contributed by atoms with Gasteiger partial charge in [-0.25, -0.2) is 0 Å². The van der Waals surface area contributed by atoms with E-state index in [0.717, 1.165) is 43.7 Å². The molecule has 5 nitrogen and oxygen atoms in total. The number of para-hydroxylation sites is 1. The molecular formula is C20H25N3O2. The Labute approximate surface area is 148 Å². The number of aromatic nitrogens is 2. The van der Waals surface area contributed by atoms with E-state index in [1.807, 2.05) is 36.0 Å². The van der Waals surface area contributed by atoms with Crippen molar-refractivity contribution < 1.29 is 9.53 Å². The van der Waals surface area contributed by atoms with Gasteiger partial charge >= 0.3 is 0 Å². The molecule has 0 bridgehead atoms. The van der Waals surface area contributed by atoms with Crippen molar-refractivity contribution in [3.8, 4) is 5.75 Å². The quantitative estimate of drug-likeness (QED) is 0.841. The van der Waals surface area contributed by atoms with Crippen molar-refractivity contribution in [3.05, 3.63) is 47.8 Å². The van der Waals surface area contributed by atoms with Crippen molar-refractivity contribution in [2.75, 3.05) is 13.7 Å². The summed E-state index contributed by atoms with van der Waals surface area (Å²) >= 11 is 0. The fourth-order valence-corrected chi connectivity index (χ4v) is 4.10. The van der Waals surface area contributed by atoms with Gasteiger partial charge in [-0.1, -0.05) is 18.2 Å². The minimum Gasteiger partial charge on any atom is -0.496 e. The van der Waals surface area contributed by atoms with Crippen LogP contribution in [-0.2, 0) is 11.3 Å². The molecule has 0 N–H and O–H groups in total. The Morgan fingerprint density at radius 2 is 2.20 bits per heavy atom. The topological polar surface area (TPSA) is 47.4 Å². The lowest BCUT2D eigenvalue weighted by Gasteiger charge is -2.25. The van der Waals surface area contributed by atoms with Crippen LogP contribution in [0.25, 0.3) is 0 Å². The van der Waals surface area contributed by atoms with E-state index in [0.29, 0.717) is 11.8 Å². The van der Waals surface area contributed by atoms with E-state index in [9.17, 15) is 4.79 Å². The summed E-state index contributed by atoms with van der Waals surface area (Å²) in [4.78, 5) is 15.1. The fraction of sp³-hybridized carbons (Fsp3) is 0.500. The second-order valence-electron chi connectivity index (χ2n) is 7.26. The molecule has 132 valence electrons. The van der Waals surface area contributed by atoms with Crippen LogP contribution in [0.4, 0.5) is 0 Å². The van der Waals surface area contributed by atoms with E-state index < -0.39 is 0 Å². The van der Waals surface area contributed by atoms with Crippen molar-refractivity contribution in [1.29, 1.82) is 0 Å². The maximum atomic E-state index is 13.1. The molecule has 25 heavy (non-hydrogen) atoms. The zero-order valence-electron chi connectivity index (χ0n) is 14.9. The monoisotopic (exact) mass is 339 g/mol. The second kappa shape index (κ2) is 6.54. The molecule has 1 aromatic carbocycles. The Kier molecular flexibility index (Phi) is 4.24. The van der Waals surface area contributed by atoms with Crippen LogP contribution in [0.2, 0.25) is 0 Å². The van der Waals surface area contributed by atoms with Crippen molar-refractivity contribution in [2.45, 2.75) is 44.7 Å². The molecule has 1 aliphatic heterocycles. The first kappa shape index (κ1) is 16.2. The average molecular weight is 339 g/mol. The molecule has 2 fully saturated rings. The van der Waals surface area contributed by atoms with Gasteiger partial charge < -0.3 is 9.64 Å². The molecule has 2 aliphatic rings. The first-order chi connectivity index (χ1) is 12.2. The van der Waals surface area contributed by atoms with Gasteiger partial charge in [0.25, 0.3) is 0 Å². The number of likely N-dealkylation sites (tertiary alicyclic amines) is 1. The predicted octanol–water partition coefficient (Wildman–Crippen LogP) is 2.99.